The Kier molecular flexibility index (Phi) is 5.29. The van der Waals surface area contributed by atoms with E-state index >= 15 is 0 Å². The minimum atomic E-state index is -0.665. The Morgan fingerprint density at radius 1 is 1.35 bits per heavy atom. The van der Waals surface area contributed by atoms with E-state index in [1.165, 1.54) is 7.05 Å². The molecular weight excluding hydrogens is 300 g/mol. The Bertz CT molecular complexity index is 639. The van der Waals surface area contributed by atoms with Gasteiger partial charge in [0.25, 0.3) is 5.91 Å². The lowest BCUT2D eigenvalue weighted by atomic mass is 9.94. The number of nitrogens with zero attached hydrogens (tertiary/aromatic N) is 1. The van der Waals surface area contributed by atoms with Gasteiger partial charge in [0.1, 0.15) is 0 Å². The number of nitrogens with one attached hydrogen (secondary N) is 3. The van der Waals surface area contributed by atoms with Crippen LogP contribution in [0.1, 0.15) is 18.9 Å². The zero-order valence-corrected chi connectivity index (χ0v) is 12.9. The monoisotopic (exact) mass is 318 g/mol. The number of carbonyl (C=O) groups excluding carboxylic acids is 3. The molecule has 122 valence electrons. The molecule has 1 unspecified atom stereocenters. The van der Waals surface area contributed by atoms with Crippen LogP contribution in [0.4, 0.5) is 10.5 Å². The molecule has 3 amide bonds. The van der Waals surface area contributed by atoms with Gasteiger partial charge in [0.05, 0.1) is 5.71 Å². The molecule has 3 N–H and O–H groups in total. The van der Waals surface area contributed by atoms with Gasteiger partial charge in [0, 0.05) is 25.1 Å². The molecule has 0 fully saturated rings. The van der Waals surface area contributed by atoms with Crippen LogP contribution in [-0.2, 0) is 14.3 Å². The molecule has 0 spiro atoms. The number of hydrazone groups is 1. The van der Waals surface area contributed by atoms with E-state index in [9.17, 15) is 14.4 Å². The third-order valence-corrected chi connectivity index (χ3v) is 3.26. The minimum Gasteiger partial charge on any atom is -0.439 e. The second-order valence-corrected chi connectivity index (χ2v) is 5.09. The van der Waals surface area contributed by atoms with Crippen molar-refractivity contribution in [3.05, 3.63) is 29.8 Å². The Hall–Kier alpha value is -2.90. The summed E-state index contributed by atoms with van der Waals surface area (Å²) >= 11 is 0. The lowest BCUT2D eigenvalue weighted by Gasteiger charge is -2.19. The molecule has 2 rings (SSSR count). The fourth-order valence-corrected chi connectivity index (χ4v) is 2.13. The van der Waals surface area contributed by atoms with Gasteiger partial charge >= 0.3 is 6.09 Å². The number of anilines is 1. The number of carbonyl (C=O) groups is 3. The van der Waals surface area contributed by atoms with Crippen molar-refractivity contribution in [2.45, 2.75) is 13.3 Å². The van der Waals surface area contributed by atoms with Crippen molar-refractivity contribution in [3.8, 4) is 0 Å². The third-order valence-electron chi connectivity index (χ3n) is 3.26. The van der Waals surface area contributed by atoms with E-state index in [2.05, 4.69) is 25.9 Å². The molecule has 1 atom stereocenters. The minimum absolute atomic E-state index is 0.0325. The maximum Gasteiger partial charge on any atom is 0.407 e. The van der Waals surface area contributed by atoms with Gasteiger partial charge in [-0.05, 0) is 17.7 Å². The normalized spacial score (nSPS) is 16.9. The maximum absolute atomic E-state index is 11.6. The van der Waals surface area contributed by atoms with Gasteiger partial charge in [0.2, 0.25) is 5.91 Å². The van der Waals surface area contributed by atoms with Crippen LogP contribution >= 0.6 is 0 Å². The van der Waals surface area contributed by atoms with Crippen molar-refractivity contribution < 1.29 is 19.1 Å². The van der Waals surface area contributed by atoms with Crippen LogP contribution in [0.3, 0.4) is 0 Å². The van der Waals surface area contributed by atoms with E-state index < -0.39 is 12.0 Å². The van der Waals surface area contributed by atoms with Gasteiger partial charge in [-0.3, -0.25) is 9.59 Å². The molecule has 8 heteroatoms. The van der Waals surface area contributed by atoms with Crippen molar-refractivity contribution in [2.75, 3.05) is 19.0 Å². The summed E-state index contributed by atoms with van der Waals surface area (Å²) < 4.78 is 4.65. The Morgan fingerprint density at radius 3 is 2.65 bits per heavy atom. The number of hydrogen-bond acceptors (Lipinski definition) is 5. The van der Waals surface area contributed by atoms with Crippen molar-refractivity contribution in [2.24, 2.45) is 11.0 Å². The quantitative estimate of drug-likeness (QED) is 0.764. The van der Waals surface area contributed by atoms with Crippen molar-refractivity contribution in [3.63, 3.8) is 0 Å². The summed E-state index contributed by atoms with van der Waals surface area (Å²) in [6.45, 7) is 1.57. The number of ether oxygens (including phenoxy) is 1. The zero-order valence-electron chi connectivity index (χ0n) is 12.9. The molecule has 1 aliphatic heterocycles. The number of hydrogen-bond donors (Lipinski definition) is 3. The van der Waals surface area contributed by atoms with Gasteiger partial charge in [-0.2, -0.15) is 5.10 Å². The summed E-state index contributed by atoms with van der Waals surface area (Å²) in [6, 6.07) is 7.06. The summed E-state index contributed by atoms with van der Waals surface area (Å²) in [5, 5.41) is 8.94. The van der Waals surface area contributed by atoms with Gasteiger partial charge in [-0.15, -0.1) is 0 Å². The molecule has 0 radical (unpaired) electrons. The molecule has 1 heterocycles. The lowest BCUT2D eigenvalue weighted by Crippen LogP contribution is -2.31. The molecule has 23 heavy (non-hydrogen) atoms. The maximum atomic E-state index is 11.6. The van der Waals surface area contributed by atoms with E-state index in [-0.39, 0.29) is 18.4 Å². The second kappa shape index (κ2) is 7.39. The summed E-state index contributed by atoms with van der Waals surface area (Å²) in [6.07, 6.45) is -0.268. The van der Waals surface area contributed by atoms with E-state index in [0.29, 0.717) is 12.1 Å². The first-order valence-corrected chi connectivity index (χ1v) is 7.11. The summed E-state index contributed by atoms with van der Waals surface area (Å²) in [5.74, 6) is -0.497. The molecule has 0 saturated carbocycles. The van der Waals surface area contributed by atoms with Crippen LogP contribution in [0.5, 0.6) is 0 Å². The Labute approximate surface area is 133 Å². The van der Waals surface area contributed by atoms with Crippen molar-refractivity contribution in [1.82, 2.24) is 10.7 Å². The highest BCUT2D eigenvalue weighted by atomic mass is 16.6. The Balaban J connectivity index is 1.96. The van der Waals surface area contributed by atoms with Crippen LogP contribution in [0.2, 0.25) is 0 Å². The molecule has 0 aliphatic carbocycles. The zero-order chi connectivity index (χ0) is 16.8. The smallest absolute Gasteiger partial charge is 0.407 e. The fraction of sp³-hybridized carbons (Fsp3) is 0.333. The Morgan fingerprint density at radius 2 is 2.04 bits per heavy atom. The van der Waals surface area contributed by atoms with Crippen molar-refractivity contribution >= 4 is 29.3 Å². The van der Waals surface area contributed by atoms with Crippen molar-refractivity contribution in [1.29, 1.82) is 0 Å². The molecule has 8 nitrogen and oxygen atoms in total. The standard InChI is InChI=1S/C15H18N4O4/c1-9-7-12(20)18-19-14(9)10-3-5-11(6-4-10)17-13(21)8-23-15(22)16-2/h3-6,9H,7-8H2,1-2H3,(H,16,22)(H,17,21)(H,18,20). The average Bonchev–Trinajstić information content (AvgIpc) is 2.53. The predicted molar refractivity (Wildman–Crippen MR) is 83.9 cm³/mol. The first-order valence-electron chi connectivity index (χ1n) is 7.11. The highest BCUT2D eigenvalue weighted by Gasteiger charge is 2.21. The van der Waals surface area contributed by atoms with Crippen LogP contribution < -0.4 is 16.1 Å². The van der Waals surface area contributed by atoms with E-state index in [4.69, 9.17) is 0 Å². The summed E-state index contributed by atoms with van der Waals surface area (Å²) in [7, 11) is 1.41. The largest absolute Gasteiger partial charge is 0.439 e. The average molecular weight is 318 g/mol. The van der Waals surface area contributed by atoms with Crippen LogP contribution in [0.15, 0.2) is 29.4 Å². The van der Waals surface area contributed by atoms with E-state index in [1.807, 2.05) is 19.1 Å². The predicted octanol–water partition coefficient (Wildman–Crippen LogP) is 0.841. The summed E-state index contributed by atoms with van der Waals surface area (Å²) in [4.78, 5) is 33.8. The highest BCUT2D eigenvalue weighted by Crippen LogP contribution is 2.18. The molecule has 0 saturated heterocycles. The third kappa shape index (κ3) is 4.53. The van der Waals surface area contributed by atoms with Crippen LogP contribution in [-0.4, -0.2) is 37.3 Å². The number of rotatable bonds is 4. The number of amides is 3. The number of alkyl carbamates (subject to hydrolysis) is 1. The van der Waals surface area contributed by atoms with E-state index in [0.717, 1.165) is 11.3 Å². The topological polar surface area (TPSA) is 109 Å². The number of benzene rings is 1. The summed E-state index contributed by atoms with van der Waals surface area (Å²) in [5.41, 5.74) is 4.71. The van der Waals surface area contributed by atoms with Gasteiger partial charge in [-0.25, -0.2) is 10.2 Å². The molecule has 1 aromatic carbocycles. The SMILES string of the molecule is CNC(=O)OCC(=O)Nc1ccc(C2=NNC(=O)CC2C)cc1. The first-order chi connectivity index (χ1) is 11.0. The van der Waals surface area contributed by atoms with Crippen LogP contribution in [0, 0.1) is 5.92 Å². The molecular formula is C15H18N4O4. The molecule has 1 aromatic rings. The van der Waals surface area contributed by atoms with Gasteiger partial charge < -0.3 is 15.4 Å². The first kappa shape index (κ1) is 16.5. The molecule has 0 bridgehead atoms. The second-order valence-electron chi connectivity index (χ2n) is 5.09. The van der Waals surface area contributed by atoms with Gasteiger partial charge in [0.15, 0.2) is 6.61 Å². The fourth-order valence-electron chi connectivity index (χ4n) is 2.13. The van der Waals surface area contributed by atoms with Crippen LogP contribution in [0.25, 0.3) is 0 Å². The lowest BCUT2D eigenvalue weighted by molar-refractivity contribution is -0.122. The highest BCUT2D eigenvalue weighted by molar-refractivity contribution is 6.06. The molecule has 1 aliphatic rings. The van der Waals surface area contributed by atoms with E-state index in [1.54, 1.807) is 12.1 Å². The van der Waals surface area contributed by atoms with Gasteiger partial charge in [-0.1, -0.05) is 19.1 Å². The molecule has 0 aromatic heterocycles.